The summed E-state index contributed by atoms with van der Waals surface area (Å²) in [6.07, 6.45) is 5.31. The molecule has 1 heterocycles. The Balaban J connectivity index is 2.41. The Hall–Kier alpha value is -1.34. The van der Waals surface area contributed by atoms with Crippen LogP contribution < -0.4 is 5.32 Å². The molecule has 0 spiro atoms. The van der Waals surface area contributed by atoms with E-state index >= 15 is 0 Å². The zero-order chi connectivity index (χ0) is 9.68. The predicted molar refractivity (Wildman–Crippen MR) is 52.4 cm³/mol. The highest BCUT2D eigenvalue weighted by molar-refractivity contribution is 7.09. The molecule has 0 bridgehead atoms. The summed E-state index contributed by atoms with van der Waals surface area (Å²) in [6, 6.07) is 0. The Labute approximate surface area is 81.2 Å². The maximum Gasteiger partial charge on any atom is 0.226 e. The molecule has 13 heavy (non-hydrogen) atoms. The molecule has 0 radical (unpaired) electrons. The number of amides is 1. The molecule has 1 rings (SSSR count). The van der Waals surface area contributed by atoms with Gasteiger partial charge in [-0.3, -0.25) is 4.79 Å². The van der Waals surface area contributed by atoms with E-state index in [9.17, 15) is 4.79 Å². The summed E-state index contributed by atoms with van der Waals surface area (Å²) >= 11 is 1.54. The van der Waals surface area contributed by atoms with E-state index in [-0.39, 0.29) is 12.5 Å². The van der Waals surface area contributed by atoms with Crippen LogP contribution in [0.4, 0.5) is 0 Å². The van der Waals surface area contributed by atoms with Crippen LogP contribution in [0.1, 0.15) is 10.7 Å². The number of aryl methyl sites for hydroxylation is 1. The molecule has 0 atom stereocenters. The van der Waals surface area contributed by atoms with Crippen LogP contribution in [0, 0.1) is 19.3 Å². The number of carbonyl (C=O) groups is 1. The van der Waals surface area contributed by atoms with Gasteiger partial charge in [-0.1, -0.05) is 5.92 Å². The van der Waals surface area contributed by atoms with Crippen molar-refractivity contribution in [3.63, 3.8) is 0 Å². The van der Waals surface area contributed by atoms with E-state index in [2.05, 4.69) is 16.2 Å². The van der Waals surface area contributed by atoms with E-state index < -0.39 is 0 Å². The summed E-state index contributed by atoms with van der Waals surface area (Å²) in [6.45, 7) is 2.19. The van der Waals surface area contributed by atoms with Crippen molar-refractivity contribution in [2.45, 2.75) is 13.3 Å². The van der Waals surface area contributed by atoms with E-state index in [0.717, 1.165) is 10.7 Å². The highest BCUT2D eigenvalue weighted by Crippen LogP contribution is 2.07. The molecule has 0 saturated heterocycles. The van der Waals surface area contributed by atoms with Crippen LogP contribution in [-0.2, 0) is 11.2 Å². The van der Waals surface area contributed by atoms with E-state index in [4.69, 9.17) is 6.42 Å². The number of hydrogen-bond donors (Lipinski definition) is 1. The maximum absolute atomic E-state index is 11.1. The highest BCUT2D eigenvalue weighted by Gasteiger charge is 2.04. The van der Waals surface area contributed by atoms with Crippen molar-refractivity contribution < 1.29 is 4.79 Å². The number of nitrogens with zero attached hydrogens (tertiary/aromatic N) is 1. The molecule has 1 N–H and O–H groups in total. The van der Waals surface area contributed by atoms with Gasteiger partial charge >= 0.3 is 0 Å². The van der Waals surface area contributed by atoms with Crippen LogP contribution in [0.2, 0.25) is 0 Å². The molecule has 0 aliphatic carbocycles. The van der Waals surface area contributed by atoms with Crippen LogP contribution >= 0.6 is 11.3 Å². The molecule has 0 unspecified atom stereocenters. The van der Waals surface area contributed by atoms with Gasteiger partial charge in [0.2, 0.25) is 5.91 Å². The molecule has 0 saturated carbocycles. The second kappa shape index (κ2) is 4.63. The number of aromatic nitrogens is 1. The van der Waals surface area contributed by atoms with Gasteiger partial charge in [0.15, 0.2) is 0 Å². The number of carbonyl (C=O) groups excluding carboxylic acids is 1. The summed E-state index contributed by atoms with van der Waals surface area (Å²) in [7, 11) is 0. The van der Waals surface area contributed by atoms with Crippen LogP contribution in [-0.4, -0.2) is 17.4 Å². The molecule has 0 aromatic carbocycles. The maximum atomic E-state index is 11.1. The first-order chi connectivity index (χ1) is 6.22. The Bertz CT molecular complexity index is 338. The van der Waals surface area contributed by atoms with E-state index in [1.807, 2.05) is 12.3 Å². The summed E-state index contributed by atoms with van der Waals surface area (Å²) in [5.74, 6) is 2.26. The van der Waals surface area contributed by atoms with Gasteiger partial charge in [0.1, 0.15) is 0 Å². The van der Waals surface area contributed by atoms with Gasteiger partial charge in [0.05, 0.1) is 23.7 Å². The Morgan fingerprint density at radius 1 is 1.85 bits per heavy atom. The van der Waals surface area contributed by atoms with Crippen molar-refractivity contribution in [3.8, 4) is 12.3 Å². The van der Waals surface area contributed by atoms with Gasteiger partial charge < -0.3 is 5.32 Å². The quantitative estimate of drug-likeness (QED) is 0.721. The standard InChI is InChI=1S/C9H10N2OS/c1-3-4-10-9(12)5-8-6-13-7(2)11-8/h1,6H,4-5H2,2H3,(H,10,12). The molecule has 1 amide bonds. The van der Waals surface area contributed by atoms with Gasteiger partial charge in [-0.05, 0) is 6.92 Å². The fourth-order valence-electron chi connectivity index (χ4n) is 0.866. The van der Waals surface area contributed by atoms with Crippen LogP contribution in [0.15, 0.2) is 5.38 Å². The normalized spacial score (nSPS) is 9.23. The average molecular weight is 194 g/mol. The van der Waals surface area contributed by atoms with Crippen LogP contribution in [0.3, 0.4) is 0 Å². The molecule has 4 heteroatoms. The SMILES string of the molecule is C#CCNC(=O)Cc1csc(C)n1. The zero-order valence-electron chi connectivity index (χ0n) is 7.33. The topological polar surface area (TPSA) is 42.0 Å². The molecule has 1 aromatic rings. The minimum atomic E-state index is -0.0803. The first kappa shape index (κ1) is 9.75. The largest absolute Gasteiger partial charge is 0.345 e. The number of nitrogens with one attached hydrogen (secondary N) is 1. The van der Waals surface area contributed by atoms with Crippen molar-refractivity contribution in [1.29, 1.82) is 0 Å². The fraction of sp³-hybridized carbons (Fsp3) is 0.333. The van der Waals surface area contributed by atoms with Crippen LogP contribution in [0.5, 0.6) is 0 Å². The summed E-state index contributed by atoms with van der Waals surface area (Å²) in [4.78, 5) is 15.3. The molecule has 68 valence electrons. The van der Waals surface area contributed by atoms with Crippen LogP contribution in [0.25, 0.3) is 0 Å². The minimum absolute atomic E-state index is 0.0803. The molecule has 0 fully saturated rings. The zero-order valence-corrected chi connectivity index (χ0v) is 8.15. The Kier molecular flexibility index (Phi) is 3.47. The summed E-state index contributed by atoms with van der Waals surface area (Å²) in [5, 5.41) is 5.43. The third kappa shape index (κ3) is 3.26. The first-order valence-corrected chi connectivity index (χ1v) is 4.71. The van der Waals surface area contributed by atoms with Gasteiger partial charge in [-0.25, -0.2) is 4.98 Å². The molecule has 0 aliphatic heterocycles. The highest BCUT2D eigenvalue weighted by atomic mass is 32.1. The van der Waals surface area contributed by atoms with Gasteiger partial charge in [-0.15, -0.1) is 17.8 Å². The molecule has 3 nitrogen and oxygen atoms in total. The van der Waals surface area contributed by atoms with E-state index in [0.29, 0.717) is 6.42 Å². The van der Waals surface area contributed by atoms with Crippen molar-refractivity contribution in [2.75, 3.05) is 6.54 Å². The van der Waals surface area contributed by atoms with E-state index in [1.54, 1.807) is 0 Å². The predicted octanol–water partition coefficient (Wildman–Crippen LogP) is 0.743. The molecular formula is C9H10N2OS. The second-order valence-corrected chi connectivity index (χ2v) is 3.58. The van der Waals surface area contributed by atoms with Gasteiger partial charge in [0.25, 0.3) is 0 Å². The second-order valence-electron chi connectivity index (χ2n) is 2.52. The van der Waals surface area contributed by atoms with Crippen molar-refractivity contribution in [3.05, 3.63) is 16.1 Å². The number of rotatable bonds is 3. The summed E-state index contributed by atoms with van der Waals surface area (Å²) in [5.41, 5.74) is 0.803. The lowest BCUT2D eigenvalue weighted by molar-refractivity contribution is -0.120. The first-order valence-electron chi connectivity index (χ1n) is 3.83. The molecule has 0 aliphatic rings. The minimum Gasteiger partial charge on any atom is -0.345 e. The number of hydrogen-bond acceptors (Lipinski definition) is 3. The monoisotopic (exact) mass is 194 g/mol. The van der Waals surface area contributed by atoms with Crippen molar-refractivity contribution >= 4 is 17.2 Å². The Morgan fingerprint density at radius 2 is 2.62 bits per heavy atom. The van der Waals surface area contributed by atoms with Gasteiger partial charge in [0, 0.05) is 5.38 Å². The number of terminal acetylenes is 1. The third-order valence-corrected chi connectivity index (χ3v) is 2.22. The molecule has 1 aromatic heterocycles. The number of thiazole rings is 1. The lowest BCUT2D eigenvalue weighted by Crippen LogP contribution is -2.25. The lowest BCUT2D eigenvalue weighted by Gasteiger charge is -1.97. The fourth-order valence-corrected chi connectivity index (χ4v) is 1.48. The van der Waals surface area contributed by atoms with Crippen molar-refractivity contribution in [2.24, 2.45) is 0 Å². The van der Waals surface area contributed by atoms with Crippen molar-refractivity contribution in [1.82, 2.24) is 10.3 Å². The lowest BCUT2D eigenvalue weighted by atomic mass is 10.3. The average Bonchev–Trinajstić information content (AvgIpc) is 2.48. The molecular weight excluding hydrogens is 184 g/mol. The Morgan fingerprint density at radius 3 is 3.15 bits per heavy atom. The summed E-state index contributed by atoms with van der Waals surface area (Å²) < 4.78 is 0. The smallest absolute Gasteiger partial charge is 0.226 e. The van der Waals surface area contributed by atoms with E-state index in [1.165, 1.54) is 11.3 Å². The third-order valence-electron chi connectivity index (χ3n) is 1.40. The van der Waals surface area contributed by atoms with Gasteiger partial charge in [-0.2, -0.15) is 0 Å².